The number of carbonyl (C=O) groups excluding carboxylic acids is 1. The number of nitrogens with one attached hydrogen (secondary N) is 2. The number of aromatic amines is 1. The normalized spacial score (nSPS) is 12.0. The molecular formula is C16H17Cl2N3O2S. The Bertz CT molecular complexity index is 775. The van der Waals surface area contributed by atoms with Gasteiger partial charge in [-0.15, -0.1) is 0 Å². The molecule has 1 aromatic carbocycles. The topological polar surface area (TPSA) is 74.8 Å². The fraction of sp³-hybridized carbons (Fsp3) is 0.312. The predicted octanol–water partition coefficient (Wildman–Crippen LogP) is 4.15. The second-order valence-electron chi connectivity index (χ2n) is 5.14. The Morgan fingerprint density at radius 3 is 2.67 bits per heavy atom. The van der Waals surface area contributed by atoms with Crippen LogP contribution < -0.4 is 10.9 Å². The molecule has 0 aliphatic carbocycles. The zero-order valence-corrected chi connectivity index (χ0v) is 15.6. The van der Waals surface area contributed by atoms with Gasteiger partial charge >= 0.3 is 0 Å². The molecule has 1 aromatic heterocycles. The Hall–Kier alpha value is -1.50. The van der Waals surface area contributed by atoms with Gasteiger partial charge in [0.1, 0.15) is 0 Å². The lowest BCUT2D eigenvalue weighted by Gasteiger charge is -2.13. The molecule has 0 saturated carbocycles. The predicted molar refractivity (Wildman–Crippen MR) is 99.3 cm³/mol. The molecular weight excluding hydrogens is 369 g/mol. The highest BCUT2D eigenvalue weighted by Gasteiger charge is 2.18. The molecule has 5 nitrogen and oxygen atoms in total. The van der Waals surface area contributed by atoms with Gasteiger partial charge in [-0.25, -0.2) is 4.98 Å². The second kappa shape index (κ2) is 8.55. The highest BCUT2D eigenvalue weighted by atomic mass is 35.5. The van der Waals surface area contributed by atoms with E-state index >= 15 is 0 Å². The van der Waals surface area contributed by atoms with Gasteiger partial charge in [0.05, 0.1) is 21.0 Å². The number of aromatic nitrogens is 2. The molecule has 2 rings (SSSR count). The molecule has 2 aromatic rings. The quantitative estimate of drug-likeness (QED) is 0.578. The van der Waals surface area contributed by atoms with Crippen LogP contribution in [0.25, 0.3) is 0 Å². The molecule has 0 aliphatic heterocycles. The zero-order chi connectivity index (χ0) is 17.7. The van der Waals surface area contributed by atoms with Gasteiger partial charge in [-0.2, -0.15) is 0 Å². The summed E-state index contributed by atoms with van der Waals surface area (Å²) in [4.78, 5) is 31.0. The van der Waals surface area contributed by atoms with E-state index in [2.05, 4.69) is 15.3 Å². The summed E-state index contributed by atoms with van der Waals surface area (Å²) in [7, 11) is 0. The minimum absolute atomic E-state index is 0.224. The van der Waals surface area contributed by atoms with Crippen molar-refractivity contribution in [3.8, 4) is 0 Å². The van der Waals surface area contributed by atoms with Gasteiger partial charge in [-0.05, 0) is 25.5 Å². The number of nitrogens with zero attached hydrogens (tertiary/aromatic N) is 1. The van der Waals surface area contributed by atoms with E-state index in [-0.39, 0.29) is 11.5 Å². The van der Waals surface area contributed by atoms with E-state index in [1.807, 2.05) is 6.92 Å². The summed E-state index contributed by atoms with van der Waals surface area (Å²) in [5, 5.41) is 3.37. The highest BCUT2D eigenvalue weighted by Crippen LogP contribution is 2.30. The van der Waals surface area contributed by atoms with Crippen molar-refractivity contribution >= 4 is 46.6 Å². The van der Waals surface area contributed by atoms with Crippen LogP contribution in [0.4, 0.5) is 5.69 Å². The summed E-state index contributed by atoms with van der Waals surface area (Å²) in [6.45, 7) is 3.73. The molecule has 0 bridgehead atoms. The van der Waals surface area contributed by atoms with Gasteiger partial charge in [0, 0.05) is 11.8 Å². The van der Waals surface area contributed by atoms with E-state index in [9.17, 15) is 9.59 Å². The molecule has 0 spiro atoms. The van der Waals surface area contributed by atoms with Gasteiger partial charge in [0.25, 0.3) is 5.56 Å². The summed E-state index contributed by atoms with van der Waals surface area (Å²) in [5.74, 6) is -0.279. The first kappa shape index (κ1) is 18.8. The lowest BCUT2D eigenvalue weighted by Crippen LogP contribution is -2.23. The first-order chi connectivity index (χ1) is 11.4. The Labute approximate surface area is 154 Å². The van der Waals surface area contributed by atoms with Crippen LogP contribution in [0.15, 0.2) is 34.2 Å². The number of benzene rings is 1. The molecule has 0 aliphatic rings. The number of carbonyl (C=O) groups is 1. The number of halogens is 2. The number of rotatable bonds is 6. The standard InChI is InChI=1S/C16H17Cl2N3O2S/c1-3-5-10-8-13(22)20-16(19-10)24-9(2)15(23)21-14-11(17)6-4-7-12(14)18/h4,6-9H,3,5H2,1-2H3,(H,21,23)(H,19,20,22). The largest absolute Gasteiger partial charge is 0.323 e. The number of thioether (sulfide) groups is 1. The van der Waals surface area contributed by atoms with Crippen molar-refractivity contribution in [1.82, 2.24) is 9.97 Å². The SMILES string of the molecule is CCCc1cc(=O)[nH]c(SC(C)C(=O)Nc2c(Cl)cccc2Cl)n1. The Morgan fingerprint density at radius 2 is 2.04 bits per heavy atom. The van der Waals surface area contributed by atoms with Gasteiger partial charge in [-0.1, -0.05) is 54.4 Å². The molecule has 0 radical (unpaired) electrons. The van der Waals surface area contributed by atoms with Crippen LogP contribution in [0.2, 0.25) is 10.0 Å². The summed E-state index contributed by atoms with van der Waals surface area (Å²) in [6.07, 6.45) is 1.61. The van der Waals surface area contributed by atoms with Crippen molar-refractivity contribution in [3.63, 3.8) is 0 Å². The van der Waals surface area contributed by atoms with Crippen molar-refractivity contribution in [2.75, 3.05) is 5.32 Å². The van der Waals surface area contributed by atoms with Gasteiger partial charge < -0.3 is 10.3 Å². The van der Waals surface area contributed by atoms with E-state index < -0.39 is 5.25 Å². The number of H-pyrrole nitrogens is 1. The summed E-state index contributed by atoms with van der Waals surface area (Å²) in [5.41, 5.74) is 0.864. The zero-order valence-electron chi connectivity index (χ0n) is 13.2. The third-order valence-electron chi connectivity index (χ3n) is 3.15. The number of anilines is 1. The first-order valence-corrected chi connectivity index (χ1v) is 9.06. The minimum Gasteiger partial charge on any atom is -0.323 e. The number of hydrogen-bond donors (Lipinski definition) is 2. The molecule has 0 saturated heterocycles. The van der Waals surface area contributed by atoms with Crippen LogP contribution in [-0.2, 0) is 11.2 Å². The highest BCUT2D eigenvalue weighted by molar-refractivity contribution is 8.00. The second-order valence-corrected chi connectivity index (χ2v) is 7.28. The minimum atomic E-state index is -0.489. The maximum absolute atomic E-state index is 12.3. The van der Waals surface area contributed by atoms with Crippen LogP contribution in [0.5, 0.6) is 0 Å². The van der Waals surface area contributed by atoms with Crippen molar-refractivity contribution in [1.29, 1.82) is 0 Å². The molecule has 2 N–H and O–H groups in total. The van der Waals surface area contributed by atoms with E-state index in [0.717, 1.165) is 6.42 Å². The molecule has 1 heterocycles. The first-order valence-electron chi connectivity index (χ1n) is 7.42. The van der Waals surface area contributed by atoms with Crippen molar-refractivity contribution in [2.45, 2.75) is 37.1 Å². The average Bonchev–Trinajstić information content (AvgIpc) is 2.50. The summed E-state index contributed by atoms with van der Waals surface area (Å²) in [6, 6.07) is 6.47. The smallest absolute Gasteiger partial charge is 0.251 e. The Balaban J connectivity index is 2.10. The van der Waals surface area contributed by atoms with E-state index in [0.29, 0.717) is 33.0 Å². The van der Waals surface area contributed by atoms with E-state index in [1.165, 1.54) is 17.8 Å². The Morgan fingerprint density at radius 1 is 1.38 bits per heavy atom. The van der Waals surface area contributed by atoms with Gasteiger partial charge in [0.2, 0.25) is 5.91 Å². The van der Waals surface area contributed by atoms with Crippen LogP contribution in [0, 0.1) is 0 Å². The molecule has 1 unspecified atom stereocenters. The number of aryl methyl sites for hydroxylation is 1. The van der Waals surface area contributed by atoms with E-state index in [4.69, 9.17) is 23.2 Å². The van der Waals surface area contributed by atoms with Gasteiger partial charge in [-0.3, -0.25) is 9.59 Å². The van der Waals surface area contributed by atoms with Crippen molar-refractivity contribution < 1.29 is 4.79 Å². The van der Waals surface area contributed by atoms with Crippen LogP contribution in [0.1, 0.15) is 26.0 Å². The average molecular weight is 386 g/mol. The molecule has 24 heavy (non-hydrogen) atoms. The van der Waals surface area contributed by atoms with Crippen LogP contribution in [-0.4, -0.2) is 21.1 Å². The maximum atomic E-state index is 12.3. The molecule has 8 heteroatoms. The summed E-state index contributed by atoms with van der Waals surface area (Å²) < 4.78 is 0. The lowest BCUT2D eigenvalue weighted by molar-refractivity contribution is -0.115. The van der Waals surface area contributed by atoms with Crippen molar-refractivity contribution in [2.24, 2.45) is 0 Å². The third kappa shape index (κ3) is 5.00. The molecule has 128 valence electrons. The fourth-order valence-corrected chi connectivity index (χ4v) is 3.31. The lowest BCUT2D eigenvalue weighted by atomic mass is 10.2. The van der Waals surface area contributed by atoms with E-state index in [1.54, 1.807) is 25.1 Å². The monoisotopic (exact) mass is 385 g/mol. The fourth-order valence-electron chi connectivity index (χ4n) is 1.99. The van der Waals surface area contributed by atoms with Crippen molar-refractivity contribution in [3.05, 3.63) is 50.4 Å². The molecule has 1 atom stereocenters. The number of para-hydroxylation sites is 1. The maximum Gasteiger partial charge on any atom is 0.251 e. The molecule has 0 fully saturated rings. The summed E-state index contributed by atoms with van der Waals surface area (Å²) >= 11 is 13.3. The third-order valence-corrected chi connectivity index (χ3v) is 4.76. The van der Waals surface area contributed by atoms with Crippen LogP contribution in [0.3, 0.4) is 0 Å². The van der Waals surface area contributed by atoms with Gasteiger partial charge in [0.15, 0.2) is 5.16 Å². The van der Waals surface area contributed by atoms with Crippen LogP contribution >= 0.6 is 35.0 Å². The number of amides is 1. The molecule has 1 amide bonds. The Kier molecular flexibility index (Phi) is 6.71. The number of hydrogen-bond acceptors (Lipinski definition) is 4.